The number of hydrogen-bond acceptors (Lipinski definition) is 3. The Hall–Kier alpha value is -0.140. The summed E-state index contributed by atoms with van der Waals surface area (Å²) < 4.78 is 25.7. The van der Waals surface area contributed by atoms with Crippen molar-refractivity contribution in [3.8, 4) is 0 Å². The summed E-state index contributed by atoms with van der Waals surface area (Å²) in [4.78, 5) is 0. The Kier molecular flexibility index (Phi) is 5.71. The molecule has 0 saturated carbocycles. The van der Waals surface area contributed by atoms with Crippen molar-refractivity contribution >= 4 is 37.6 Å². The molecule has 7 heteroatoms. The van der Waals surface area contributed by atoms with Gasteiger partial charge in [0.2, 0.25) is 10.0 Å². The molecule has 1 heterocycles. The molecular weight excluding hydrogens is 376 g/mol. The fourth-order valence-electron chi connectivity index (χ4n) is 2.76. The summed E-state index contributed by atoms with van der Waals surface area (Å²) in [6.07, 6.45) is 3.95. The highest BCUT2D eigenvalue weighted by Gasteiger charge is 2.27. The molecule has 0 aliphatic carbocycles. The number of halogens is 2. The van der Waals surface area contributed by atoms with Crippen LogP contribution in [0.25, 0.3) is 0 Å². The van der Waals surface area contributed by atoms with E-state index in [0.717, 1.165) is 29.3 Å². The monoisotopic (exact) mass is 394 g/mol. The summed E-state index contributed by atoms with van der Waals surface area (Å²) in [6.45, 7) is 1.19. The Balaban J connectivity index is 2.02. The molecule has 1 aliphatic heterocycles. The highest BCUT2D eigenvalue weighted by atomic mass is 79.9. The predicted molar refractivity (Wildman–Crippen MR) is 89.8 cm³/mol. The van der Waals surface area contributed by atoms with Gasteiger partial charge in [0.1, 0.15) is 0 Å². The molecule has 0 radical (unpaired) electrons. The van der Waals surface area contributed by atoms with Crippen LogP contribution in [0.3, 0.4) is 0 Å². The minimum atomic E-state index is -3.11. The number of sulfonamides is 1. The van der Waals surface area contributed by atoms with E-state index in [1.165, 1.54) is 6.26 Å². The zero-order chi connectivity index (χ0) is 15.6. The van der Waals surface area contributed by atoms with Gasteiger partial charge in [-0.25, -0.2) is 12.7 Å². The van der Waals surface area contributed by atoms with E-state index in [4.69, 9.17) is 17.3 Å². The molecule has 0 bridgehead atoms. The number of benzene rings is 1. The van der Waals surface area contributed by atoms with Crippen LogP contribution in [0.5, 0.6) is 0 Å². The normalized spacial score (nSPS) is 22.2. The van der Waals surface area contributed by atoms with E-state index in [2.05, 4.69) is 15.9 Å². The Bertz CT molecular complexity index is 609. The van der Waals surface area contributed by atoms with Gasteiger partial charge in [-0.3, -0.25) is 0 Å². The molecule has 1 aromatic carbocycles. The van der Waals surface area contributed by atoms with Gasteiger partial charge in [0.25, 0.3) is 0 Å². The van der Waals surface area contributed by atoms with E-state index in [0.29, 0.717) is 24.0 Å². The SMILES string of the molecule is CS(=O)(=O)N1CCCC(CC(N)c2ccc(Br)c(Cl)c2)C1. The maximum absolute atomic E-state index is 11.6. The molecule has 118 valence electrons. The van der Waals surface area contributed by atoms with E-state index < -0.39 is 10.0 Å². The molecule has 2 unspecified atom stereocenters. The van der Waals surface area contributed by atoms with E-state index >= 15 is 0 Å². The third-order valence-corrected chi connectivity index (χ3v) is 6.41. The first-order valence-corrected chi connectivity index (χ1v) is 9.95. The number of piperidine rings is 1. The lowest BCUT2D eigenvalue weighted by molar-refractivity contribution is 0.247. The van der Waals surface area contributed by atoms with Crippen LogP contribution in [-0.2, 0) is 10.0 Å². The third kappa shape index (κ3) is 4.66. The second-order valence-electron chi connectivity index (χ2n) is 5.65. The summed E-state index contributed by atoms with van der Waals surface area (Å²) in [5.41, 5.74) is 7.24. The maximum atomic E-state index is 11.6. The summed E-state index contributed by atoms with van der Waals surface area (Å²) in [5, 5.41) is 0.643. The van der Waals surface area contributed by atoms with Gasteiger partial charge in [-0.2, -0.15) is 0 Å². The Morgan fingerprint density at radius 1 is 1.52 bits per heavy atom. The van der Waals surface area contributed by atoms with E-state index in [1.54, 1.807) is 4.31 Å². The van der Waals surface area contributed by atoms with Crippen molar-refractivity contribution in [1.82, 2.24) is 4.31 Å². The molecule has 1 fully saturated rings. The second kappa shape index (κ2) is 6.96. The van der Waals surface area contributed by atoms with Gasteiger partial charge in [0.15, 0.2) is 0 Å². The average molecular weight is 396 g/mol. The van der Waals surface area contributed by atoms with Gasteiger partial charge in [-0.15, -0.1) is 0 Å². The van der Waals surface area contributed by atoms with Gasteiger partial charge in [-0.05, 0) is 58.8 Å². The first-order chi connectivity index (χ1) is 9.77. The molecule has 0 amide bonds. The molecule has 2 atom stereocenters. The molecule has 0 spiro atoms. The minimum absolute atomic E-state index is 0.125. The second-order valence-corrected chi connectivity index (χ2v) is 8.89. The maximum Gasteiger partial charge on any atom is 0.211 e. The van der Waals surface area contributed by atoms with Gasteiger partial charge in [0.05, 0.1) is 11.3 Å². The number of nitrogens with two attached hydrogens (primary N) is 1. The van der Waals surface area contributed by atoms with Crippen molar-refractivity contribution in [1.29, 1.82) is 0 Å². The van der Waals surface area contributed by atoms with Crippen molar-refractivity contribution < 1.29 is 8.42 Å². The zero-order valence-electron chi connectivity index (χ0n) is 11.9. The summed E-state index contributed by atoms with van der Waals surface area (Å²) in [6, 6.07) is 5.59. The van der Waals surface area contributed by atoms with Crippen LogP contribution in [0.2, 0.25) is 5.02 Å². The van der Waals surface area contributed by atoms with Crippen LogP contribution >= 0.6 is 27.5 Å². The van der Waals surface area contributed by atoms with Crippen molar-refractivity contribution in [2.45, 2.75) is 25.3 Å². The van der Waals surface area contributed by atoms with Crippen molar-refractivity contribution in [2.24, 2.45) is 11.7 Å². The highest BCUT2D eigenvalue weighted by Crippen LogP contribution is 2.30. The number of rotatable bonds is 4. The molecule has 1 aromatic rings. The lowest BCUT2D eigenvalue weighted by Crippen LogP contribution is -2.40. The topological polar surface area (TPSA) is 63.4 Å². The van der Waals surface area contributed by atoms with Gasteiger partial charge in [-0.1, -0.05) is 17.7 Å². The van der Waals surface area contributed by atoms with Crippen LogP contribution in [0, 0.1) is 5.92 Å². The smallest absolute Gasteiger partial charge is 0.211 e. The van der Waals surface area contributed by atoms with Crippen LogP contribution in [-0.4, -0.2) is 32.1 Å². The average Bonchev–Trinajstić information content (AvgIpc) is 2.41. The zero-order valence-corrected chi connectivity index (χ0v) is 15.1. The quantitative estimate of drug-likeness (QED) is 0.851. The van der Waals surface area contributed by atoms with Gasteiger partial charge in [0, 0.05) is 23.6 Å². The van der Waals surface area contributed by atoms with Crippen molar-refractivity contribution in [3.05, 3.63) is 33.3 Å². The lowest BCUT2D eigenvalue weighted by atomic mass is 9.90. The summed E-state index contributed by atoms with van der Waals surface area (Å²) >= 11 is 9.45. The molecule has 0 aromatic heterocycles. The molecule has 2 N–H and O–H groups in total. The van der Waals surface area contributed by atoms with Crippen molar-refractivity contribution in [2.75, 3.05) is 19.3 Å². The van der Waals surface area contributed by atoms with E-state index in [9.17, 15) is 8.42 Å². The lowest BCUT2D eigenvalue weighted by Gasteiger charge is -2.32. The minimum Gasteiger partial charge on any atom is -0.324 e. The van der Waals surface area contributed by atoms with E-state index in [1.807, 2.05) is 18.2 Å². The molecule has 1 saturated heterocycles. The van der Waals surface area contributed by atoms with Crippen molar-refractivity contribution in [3.63, 3.8) is 0 Å². The molecule has 2 rings (SSSR count). The molecule has 21 heavy (non-hydrogen) atoms. The van der Waals surface area contributed by atoms with Crippen LogP contribution < -0.4 is 5.73 Å². The predicted octanol–water partition coefficient (Wildman–Crippen LogP) is 3.16. The summed E-state index contributed by atoms with van der Waals surface area (Å²) in [7, 11) is -3.11. The summed E-state index contributed by atoms with van der Waals surface area (Å²) in [5.74, 6) is 0.297. The first-order valence-electron chi connectivity index (χ1n) is 6.93. The van der Waals surface area contributed by atoms with E-state index in [-0.39, 0.29) is 6.04 Å². The van der Waals surface area contributed by atoms with Crippen LogP contribution in [0.4, 0.5) is 0 Å². The van der Waals surface area contributed by atoms with Gasteiger partial charge < -0.3 is 5.73 Å². The third-order valence-electron chi connectivity index (χ3n) is 3.91. The molecular formula is C14H20BrClN2O2S. The largest absolute Gasteiger partial charge is 0.324 e. The number of nitrogens with zero attached hydrogens (tertiary/aromatic N) is 1. The van der Waals surface area contributed by atoms with Crippen LogP contribution in [0.15, 0.2) is 22.7 Å². The standard InChI is InChI=1S/C14H20BrClN2O2S/c1-21(19,20)18-6-2-3-10(9-18)7-14(17)11-4-5-12(15)13(16)8-11/h4-5,8,10,14H,2-3,6-7,9,17H2,1H3. The Labute approximate surface area is 139 Å². The first kappa shape index (κ1) is 17.2. The van der Waals surface area contributed by atoms with Crippen LogP contribution in [0.1, 0.15) is 30.9 Å². The fraction of sp³-hybridized carbons (Fsp3) is 0.571. The highest BCUT2D eigenvalue weighted by molar-refractivity contribution is 9.10. The van der Waals surface area contributed by atoms with Gasteiger partial charge >= 0.3 is 0 Å². The fourth-order valence-corrected chi connectivity index (χ4v) is 4.14. The Morgan fingerprint density at radius 2 is 2.24 bits per heavy atom. The number of hydrogen-bond donors (Lipinski definition) is 1. The molecule has 4 nitrogen and oxygen atoms in total. The Morgan fingerprint density at radius 3 is 2.86 bits per heavy atom. The molecule has 1 aliphatic rings.